The highest BCUT2D eigenvalue weighted by Gasteiger charge is 2.11. The van der Waals surface area contributed by atoms with Crippen LogP contribution in [0.3, 0.4) is 0 Å². The molecule has 0 aromatic carbocycles. The van der Waals surface area contributed by atoms with E-state index in [2.05, 4.69) is 9.72 Å². The standard InChI is InChI=1S/C11H15NO3S/c1-8(7-11(13)15-3)16-10-6-4-5-9(12-10)14-2/h4-6,8H,7H2,1-3H3. The van der Waals surface area contributed by atoms with E-state index < -0.39 is 0 Å². The number of aromatic nitrogens is 1. The maximum absolute atomic E-state index is 11.1. The number of pyridine rings is 1. The normalized spacial score (nSPS) is 11.9. The van der Waals surface area contributed by atoms with Crippen molar-refractivity contribution < 1.29 is 14.3 Å². The topological polar surface area (TPSA) is 48.4 Å². The van der Waals surface area contributed by atoms with Gasteiger partial charge < -0.3 is 9.47 Å². The van der Waals surface area contributed by atoms with E-state index in [1.54, 1.807) is 13.2 Å². The average Bonchev–Trinajstić information content (AvgIpc) is 2.28. The van der Waals surface area contributed by atoms with E-state index in [9.17, 15) is 4.79 Å². The molecule has 0 aliphatic heterocycles. The third-order valence-corrected chi connectivity index (χ3v) is 2.95. The lowest BCUT2D eigenvalue weighted by molar-refractivity contribution is -0.140. The Hall–Kier alpha value is -1.23. The number of ether oxygens (including phenoxy) is 2. The summed E-state index contributed by atoms with van der Waals surface area (Å²) >= 11 is 1.52. The van der Waals surface area contributed by atoms with Crippen molar-refractivity contribution in [2.75, 3.05) is 14.2 Å². The molecule has 0 saturated carbocycles. The number of hydrogen-bond donors (Lipinski definition) is 0. The van der Waals surface area contributed by atoms with Crippen molar-refractivity contribution in [3.05, 3.63) is 18.2 Å². The van der Waals surface area contributed by atoms with E-state index in [1.165, 1.54) is 18.9 Å². The van der Waals surface area contributed by atoms with Gasteiger partial charge in [0.1, 0.15) is 5.03 Å². The second-order valence-corrected chi connectivity index (χ2v) is 4.69. The van der Waals surface area contributed by atoms with Crippen LogP contribution in [0.2, 0.25) is 0 Å². The summed E-state index contributed by atoms with van der Waals surface area (Å²) in [6.07, 6.45) is 0.375. The molecule has 1 heterocycles. The van der Waals surface area contributed by atoms with Crippen molar-refractivity contribution in [3.8, 4) is 5.88 Å². The van der Waals surface area contributed by atoms with Crippen LogP contribution in [0.1, 0.15) is 13.3 Å². The molecule has 0 bridgehead atoms. The Morgan fingerprint density at radius 1 is 1.50 bits per heavy atom. The quantitative estimate of drug-likeness (QED) is 0.584. The molecule has 0 fully saturated rings. The maximum atomic E-state index is 11.1. The molecule has 0 spiro atoms. The highest BCUT2D eigenvalue weighted by Crippen LogP contribution is 2.24. The number of nitrogens with zero attached hydrogens (tertiary/aromatic N) is 1. The van der Waals surface area contributed by atoms with Gasteiger partial charge >= 0.3 is 5.97 Å². The van der Waals surface area contributed by atoms with Crippen molar-refractivity contribution in [3.63, 3.8) is 0 Å². The van der Waals surface area contributed by atoms with Gasteiger partial charge in [0.15, 0.2) is 0 Å². The number of thioether (sulfide) groups is 1. The minimum Gasteiger partial charge on any atom is -0.481 e. The maximum Gasteiger partial charge on any atom is 0.306 e. The molecule has 16 heavy (non-hydrogen) atoms. The van der Waals surface area contributed by atoms with E-state index >= 15 is 0 Å². The summed E-state index contributed by atoms with van der Waals surface area (Å²) in [7, 11) is 2.97. The first kappa shape index (κ1) is 12.8. The summed E-state index contributed by atoms with van der Waals surface area (Å²) in [5.74, 6) is 0.373. The Kier molecular flexibility index (Phi) is 5.11. The number of rotatable bonds is 5. The Labute approximate surface area is 99.4 Å². The van der Waals surface area contributed by atoms with Gasteiger partial charge in [0, 0.05) is 11.3 Å². The van der Waals surface area contributed by atoms with Crippen LogP contribution >= 0.6 is 11.8 Å². The predicted molar refractivity (Wildman–Crippen MR) is 62.7 cm³/mol. The average molecular weight is 241 g/mol. The molecule has 1 unspecified atom stereocenters. The van der Waals surface area contributed by atoms with Crippen molar-refractivity contribution in [2.24, 2.45) is 0 Å². The Morgan fingerprint density at radius 2 is 2.25 bits per heavy atom. The first-order chi connectivity index (χ1) is 7.65. The number of hydrogen-bond acceptors (Lipinski definition) is 5. The van der Waals surface area contributed by atoms with Gasteiger partial charge in [0.2, 0.25) is 5.88 Å². The van der Waals surface area contributed by atoms with Crippen LogP contribution in [0, 0.1) is 0 Å². The molecule has 0 aliphatic rings. The molecule has 0 radical (unpaired) electrons. The molecule has 0 amide bonds. The highest BCUT2D eigenvalue weighted by atomic mass is 32.2. The molecular weight excluding hydrogens is 226 g/mol. The fraction of sp³-hybridized carbons (Fsp3) is 0.455. The van der Waals surface area contributed by atoms with E-state index in [-0.39, 0.29) is 11.2 Å². The molecule has 4 nitrogen and oxygen atoms in total. The molecule has 1 atom stereocenters. The molecule has 1 rings (SSSR count). The van der Waals surface area contributed by atoms with E-state index in [4.69, 9.17) is 4.74 Å². The molecule has 1 aromatic heterocycles. The van der Waals surface area contributed by atoms with E-state index in [1.807, 2.05) is 19.1 Å². The van der Waals surface area contributed by atoms with E-state index in [0.29, 0.717) is 12.3 Å². The van der Waals surface area contributed by atoms with Gasteiger partial charge in [-0.25, -0.2) is 4.98 Å². The number of methoxy groups -OCH3 is 2. The van der Waals surface area contributed by atoms with Crippen molar-refractivity contribution in [1.29, 1.82) is 0 Å². The van der Waals surface area contributed by atoms with Gasteiger partial charge in [-0.05, 0) is 6.07 Å². The van der Waals surface area contributed by atoms with Gasteiger partial charge in [0.05, 0.1) is 20.6 Å². The van der Waals surface area contributed by atoms with Gasteiger partial charge in [-0.2, -0.15) is 0 Å². The predicted octanol–water partition coefficient (Wildman–Crippen LogP) is 2.13. The smallest absolute Gasteiger partial charge is 0.306 e. The van der Waals surface area contributed by atoms with Gasteiger partial charge in [-0.15, -0.1) is 11.8 Å². The minimum atomic E-state index is -0.206. The summed E-state index contributed by atoms with van der Waals surface area (Å²) in [5.41, 5.74) is 0. The third-order valence-electron chi connectivity index (χ3n) is 1.91. The van der Waals surface area contributed by atoms with Crippen molar-refractivity contribution in [2.45, 2.75) is 23.6 Å². The summed E-state index contributed by atoms with van der Waals surface area (Å²) in [5, 5.41) is 0.975. The van der Waals surface area contributed by atoms with Crippen LogP contribution in [0.15, 0.2) is 23.2 Å². The molecule has 0 N–H and O–H groups in total. The van der Waals surface area contributed by atoms with Gasteiger partial charge in [0.25, 0.3) is 0 Å². The summed E-state index contributed by atoms with van der Waals surface area (Å²) in [6.45, 7) is 1.96. The number of carbonyl (C=O) groups is 1. The lowest BCUT2D eigenvalue weighted by Crippen LogP contribution is -2.08. The Morgan fingerprint density at radius 3 is 2.88 bits per heavy atom. The second kappa shape index (κ2) is 6.37. The Balaban J connectivity index is 2.55. The van der Waals surface area contributed by atoms with Crippen LogP contribution in [0.5, 0.6) is 5.88 Å². The number of esters is 1. The third kappa shape index (κ3) is 4.10. The zero-order chi connectivity index (χ0) is 12.0. The highest BCUT2D eigenvalue weighted by molar-refractivity contribution is 7.99. The van der Waals surface area contributed by atoms with E-state index in [0.717, 1.165) is 5.03 Å². The van der Waals surface area contributed by atoms with Crippen LogP contribution < -0.4 is 4.74 Å². The molecule has 1 aromatic rings. The second-order valence-electron chi connectivity index (χ2n) is 3.23. The summed E-state index contributed by atoms with van der Waals surface area (Å²) in [6, 6.07) is 5.55. The monoisotopic (exact) mass is 241 g/mol. The minimum absolute atomic E-state index is 0.132. The lowest BCUT2D eigenvalue weighted by Gasteiger charge is -2.09. The van der Waals surface area contributed by atoms with Crippen LogP contribution in [-0.4, -0.2) is 30.4 Å². The largest absolute Gasteiger partial charge is 0.481 e. The fourth-order valence-corrected chi connectivity index (χ4v) is 2.07. The summed E-state index contributed by atoms with van der Waals surface area (Å²) < 4.78 is 9.63. The Bertz CT molecular complexity index is 357. The first-order valence-electron chi connectivity index (χ1n) is 4.90. The van der Waals surface area contributed by atoms with Crippen molar-refractivity contribution in [1.82, 2.24) is 4.98 Å². The van der Waals surface area contributed by atoms with Crippen LogP contribution in [0.4, 0.5) is 0 Å². The summed E-state index contributed by atoms with van der Waals surface area (Å²) in [4.78, 5) is 15.3. The first-order valence-corrected chi connectivity index (χ1v) is 5.78. The van der Waals surface area contributed by atoms with Gasteiger partial charge in [-0.1, -0.05) is 13.0 Å². The lowest BCUT2D eigenvalue weighted by atomic mass is 10.3. The van der Waals surface area contributed by atoms with Crippen molar-refractivity contribution >= 4 is 17.7 Å². The molecule has 5 heteroatoms. The number of carbonyl (C=O) groups excluding carboxylic acids is 1. The molecule has 88 valence electrons. The fourth-order valence-electron chi connectivity index (χ4n) is 1.14. The molecular formula is C11H15NO3S. The van der Waals surface area contributed by atoms with Crippen LogP contribution in [0.25, 0.3) is 0 Å². The zero-order valence-corrected chi connectivity index (χ0v) is 10.4. The van der Waals surface area contributed by atoms with Gasteiger partial charge in [-0.3, -0.25) is 4.79 Å². The SMILES string of the molecule is COC(=O)CC(C)Sc1cccc(OC)n1. The molecule has 0 aliphatic carbocycles. The van der Waals surface area contributed by atoms with Crippen LogP contribution in [-0.2, 0) is 9.53 Å². The molecule has 0 saturated heterocycles. The zero-order valence-electron chi connectivity index (χ0n) is 9.60.